The summed E-state index contributed by atoms with van der Waals surface area (Å²) in [5.41, 5.74) is -1.51. The van der Waals surface area contributed by atoms with Crippen LogP contribution in [0.3, 0.4) is 0 Å². The molecule has 0 aromatic carbocycles. The molecule has 3 aromatic rings. The van der Waals surface area contributed by atoms with E-state index in [1.165, 1.54) is 10.6 Å². The zero-order valence-electron chi connectivity index (χ0n) is 12.7. The van der Waals surface area contributed by atoms with E-state index in [-0.39, 0.29) is 15.9 Å². The number of ketones is 1. The number of aryl methyl sites for hydroxylation is 1. The van der Waals surface area contributed by atoms with Crippen LogP contribution >= 0.6 is 15.9 Å². The number of rotatable bonds is 3. The number of imidazole rings is 1. The molecule has 3 rings (SSSR count). The van der Waals surface area contributed by atoms with Crippen LogP contribution in [-0.2, 0) is 12.6 Å². The lowest BCUT2D eigenvalue weighted by molar-refractivity contribution is -0.142. The molecule has 1 N–H and O–H groups in total. The minimum Gasteiger partial charge on any atom is -0.505 e. The van der Waals surface area contributed by atoms with Gasteiger partial charge in [0.2, 0.25) is 11.6 Å². The summed E-state index contributed by atoms with van der Waals surface area (Å²) in [6, 6.07) is 2.62. The number of alkyl halides is 3. The predicted octanol–water partition coefficient (Wildman–Crippen LogP) is 3.40. The molecular formula is C15H10BrF3N4O2. The second-order valence-electron chi connectivity index (χ2n) is 5.06. The minimum absolute atomic E-state index is 0.0869. The number of hydrogen-bond acceptors (Lipinski definition) is 5. The molecule has 0 atom stereocenters. The Hall–Kier alpha value is -2.49. The third-order valence-electron chi connectivity index (χ3n) is 3.47. The zero-order chi connectivity index (χ0) is 18.4. The smallest absolute Gasteiger partial charge is 0.437 e. The van der Waals surface area contributed by atoms with Gasteiger partial charge in [-0.25, -0.2) is 15.0 Å². The zero-order valence-corrected chi connectivity index (χ0v) is 14.3. The number of nitrogens with zero attached hydrogens (tertiary/aromatic N) is 4. The van der Waals surface area contributed by atoms with E-state index in [9.17, 15) is 23.1 Å². The maximum Gasteiger partial charge on any atom is 0.437 e. The van der Waals surface area contributed by atoms with E-state index >= 15 is 0 Å². The molecule has 130 valence electrons. The molecule has 0 aliphatic carbocycles. The lowest BCUT2D eigenvalue weighted by atomic mass is 10.1. The third kappa shape index (κ3) is 2.97. The molecule has 0 aliphatic heterocycles. The molecule has 0 spiro atoms. The van der Waals surface area contributed by atoms with E-state index in [0.29, 0.717) is 12.1 Å². The van der Waals surface area contributed by atoms with Crippen molar-refractivity contribution in [2.75, 3.05) is 0 Å². The minimum atomic E-state index is -4.91. The molecule has 0 radical (unpaired) electrons. The molecular weight excluding hydrogens is 405 g/mol. The van der Waals surface area contributed by atoms with Crippen molar-refractivity contribution in [2.45, 2.75) is 19.5 Å². The highest BCUT2D eigenvalue weighted by Crippen LogP contribution is 2.38. The number of fused-ring (bicyclic) bond motifs is 1. The van der Waals surface area contributed by atoms with E-state index < -0.39 is 29.1 Å². The van der Waals surface area contributed by atoms with Crippen LogP contribution in [0.4, 0.5) is 13.2 Å². The van der Waals surface area contributed by atoms with Crippen LogP contribution in [-0.4, -0.2) is 30.2 Å². The average molecular weight is 415 g/mol. The molecule has 0 saturated carbocycles. The highest BCUT2D eigenvalue weighted by atomic mass is 79.9. The van der Waals surface area contributed by atoms with Gasteiger partial charge in [0.05, 0.1) is 10.2 Å². The summed E-state index contributed by atoms with van der Waals surface area (Å²) in [6.45, 7) is 1.76. The average Bonchev–Trinajstić information content (AvgIpc) is 2.94. The van der Waals surface area contributed by atoms with Crippen LogP contribution in [0.2, 0.25) is 0 Å². The van der Waals surface area contributed by atoms with E-state index in [4.69, 9.17) is 0 Å². The van der Waals surface area contributed by atoms with E-state index in [0.717, 1.165) is 6.07 Å². The fraction of sp³-hybridized carbons (Fsp3) is 0.200. The van der Waals surface area contributed by atoms with Crippen molar-refractivity contribution in [3.63, 3.8) is 0 Å². The number of aromatic nitrogens is 4. The lowest BCUT2D eigenvalue weighted by Crippen LogP contribution is -2.15. The number of aromatic hydroxyl groups is 1. The van der Waals surface area contributed by atoms with E-state index in [1.54, 1.807) is 19.2 Å². The van der Waals surface area contributed by atoms with Crippen molar-refractivity contribution in [3.8, 4) is 5.75 Å². The second-order valence-corrected chi connectivity index (χ2v) is 5.92. The van der Waals surface area contributed by atoms with Gasteiger partial charge in [0.15, 0.2) is 11.4 Å². The fourth-order valence-electron chi connectivity index (χ4n) is 2.36. The molecule has 25 heavy (non-hydrogen) atoms. The monoisotopic (exact) mass is 414 g/mol. The Bertz CT molecular complexity index is 985. The number of pyridine rings is 1. The fourth-order valence-corrected chi connectivity index (χ4v) is 2.77. The summed E-state index contributed by atoms with van der Waals surface area (Å²) in [6.07, 6.45) is -1.48. The number of carbonyl (C=O) groups excluding carboxylic acids is 1. The maximum absolute atomic E-state index is 13.0. The Morgan fingerprint density at radius 3 is 2.72 bits per heavy atom. The second kappa shape index (κ2) is 6.10. The molecule has 10 heteroatoms. The maximum atomic E-state index is 13.0. The highest BCUT2D eigenvalue weighted by Gasteiger charge is 2.38. The van der Waals surface area contributed by atoms with Gasteiger partial charge in [0.25, 0.3) is 0 Å². The van der Waals surface area contributed by atoms with Crippen molar-refractivity contribution in [1.82, 2.24) is 19.4 Å². The van der Waals surface area contributed by atoms with E-state index in [2.05, 4.69) is 30.9 Å². The van der Waals surface area contributed by atoms with Gasteiger partial charge < -0.3 is 5.11 Å². The Morgan fingerprint density at radius 1 is 1.36 bits per heavy atom. The van der Waals surface area contributed by atoms with Gasteiger partial charge in [-0.05, 0) is 34.5 Å². The van der Waals surface area contributed by atoms with Gasteiger partial charge in [-0.1, -0.05) is 6.92 Å². The molecule has 0 amide bonds. The first-order valence-electron chi connectivity index (χ1n) is 7.07. The standard InChI is InChI=1S/C15H10BrF3N4O2/c1-2-8-10(23-5-3-4-20-14(23)22-8)12(25)9-6-7(16)11(24)13(21-9)15(17,18)19/h3-6,24H,2H2,1H3. The van der Waals surface area contributed by atoms with Crippen LogP contribution in [0, 0.1) is 0 Å². The Balaban J connectivity index is 2.22. The third-order valence-corrected chi connectivity index (χ3v) is 4.08. The van der Waals surface area contributed by atoms with Crippen molar-refractivity contribution in [1.29, 1.82) is 0 Å². The van der Waals surface area contributed by atoms with Gasteiger partial charge >= 0.3 is 6.18 Å². The van der Waals surface area contributed by atoms with Gasteiger partial charge in [0, 0.05) is 12.4 Å². The first-order chi connectivity index (χ1) is 11.7. The normalized spacial score (nSPS) is 11.9. The molecule has 3 heterocycles. The molecule has 6 nitrogen and oxygen atoms in total. The predicted molar refractivity (Wildman–Crippen MR) is 84.4 cm³/mol. The van der Waals surface area contributed by atoms with Crippen LogP contribution in [0.5, 0.6) is 5.75 Å². The SMILES string of the molecule is CCc1nc2ncccn2c1C(=O)c1cc(Br)c(O)c(C(F)(F)F)n1. The Labute approximate surface area is 147 Å². The molecule has 0 unspecified atom stereocenters. The van der Waals surface area contributed by atoms with Crippen LogP contribution in [0.15, 0.2) is 29.0 Å². The molecule has 0 saturated heterocycles. The van der Waals surface area contributed by atoms with Gasteiger partial charge in [-0.3, -0.25) is 9.20 Å². The molecule has 0 aliphatic rings. The Morgan fingerprint density at radius 2 is 2.08 bits per heavy atom. The number of carbonyl (C=O) groups is 1. The first-order valence-corrected chi connectivity index (χ1v) is 7.86. The quantitative estimate of drug-likeness (QED) is 0.664. The summed E-state index contributed by atoms with van der Waals surface area (Å²) >= 11 is 2.83. The summed E-state index contributed by atoms with van der Waals surface area (Å²) in [4.78, 5) is 24.4. The van der Waals surface area contributed by atoms with Gasteiger partial charge in [-0.2, -0.15) is 13.2 Å². The number of hydrogen-bond donors (Lipinski definition) is 1. The van der Waals surface area contributed by atoms with Crippen molar-refractivity contribution < 1.29 is 23.1 Å². The van der Waals surface area contributed by atoms with Crippen LogP contribution in [0.1, 0.15) is 34.5 Å². The molecule has 3 aromatic heterocycles. The first kappa shape index (κ1) is 17.3. The van der Waals surface area contributed by atoms with Crippen molar-refractivity contribution in [2.24, 2.45) is 0 Å². The summed E-state index contributed by atoms with van der Waals surface area (Å²) in [5.74, 6) is -1.56. The highest BCUT2D eigenvalue weighted by molar-refractivity contribution is 9.10. The van der Waals surface area contributed by atoms with Gasteiger partial charge in [-0.15, -0.1) is 0 Å². The van der Waals surface area contributed by atoms with Crippen molar-refractivity contribution in [3.05, 3.63) is 51.8 Å². The van der Waals surface area contributed by atoms with Gasteiger partial charge in [0.1, 0.15) is 11.4 Å². The topological polar surface area (TPSA) is 80.4 Å². The van der Waals surface area contributed by atoms with E-state index in [1.807, 2.05) is 0 Å². The van der Waals surface area contributed by atoms with Crippen LogP contribution < -0.4 is 0 Å². The van der Waals surface area contributed by atoms with Crippen molar-refractivity contribution >= 4 is 27.5 Å². The number of halogens is 4. The molecule has 0 fully saturated rings. The Kier molecular flexibility index (Phi) is 4.23. The summed E-state index contributed by atoms with van der Waals surface area (Å²) in [7, 11) is 0. The molecule has 0 bridgehead atoms. The summed E-state index contributed by atoms with van der Waals surface area (Å²) < 4.78 is 40.2. The summed E-state index contributed by atoms with van der Waals surface area (Å²) in [5, 5.41) is 9.57. The lowest BCUT2D eigenvalue weighted by Gasteiger charge is -2.11. The largest absolute Gasteiger partial charge is 0.505 e. The van der Waals surface area contributed by atoms with Crippen LogP contribution in [0.25, 0.3) is 5.78 Å².